The van der Waals surface area contributed by atoms with E-state index < -0.39 is 0 Å². The highest BCUT2D eigenvalue weighted by Crippen LogP contribution is 2.05. The number of unbranched alkanes of at least 4 members (excludes halogenated alkanes) is 5. The monoisotopic (exact) mass is 338 g/mol. The van der Waals surface area contributed by atoms with Crippen LogP contribution in [-0.2, 0) is 18.3 Å². The van der Waals surface area contributed by atoms with Crippen LogP contribution in [0.1, 0.15) is 57.4 Å². The van der Waals surface area contributed by atoms with Gasteiger partial charge in [0.15, 0.2) is 0 Å². The lowest BCUT2D eigenvalue weighted by atomic mass is 10.1. The van der Waals surface area contributed by atoms with Gasteiger partial charge >= 0.3 is 6.03 Å². The molecule has 138 valence electrons. The summed E-state index contributed by atoms with van der Waals surface area (Å²) >= 11 is 0. The van der Waals surface area contributed by atoms with Crippen molar-refractivity contribution >= 4 is 6.03 Å². The van der Waals surface area contributed by atoms with Crippen molar-refractivity contribution in [2.45, 2.75) is 58.4 Å². The minimum absolute atomic E-state index is 0.0604. The van der Waals surface area contributed by atoms with Gasteiger partial charge < -0.3 is 15.0 Å². The highest BCUT2D eigenvalue weighted by molar-refractivity contribution is 5.73. The summed E-state index contributed by atoms with van der Waals surface area (Å²) in [6.45, 7) is 4.99. The van der Waals surface area contributed by atoms with E-state index in [9.17, 15) is 4.79 Å². The Hall–Kier alpha value is -1.56. The zero-order valence-electron chi connectivity index (χ0n) is 15.6. The van der Waals surface area contributed by atoms with E-state index in [-0.39, 0.29) is 6.03 Å². The molecule has 0 aliphatic carbocycles. The summed E-state index contributed by atoms with van der Waals surface area (Å²) in [7, 11) is 3.66. The van der Waals surface area contributed by atoms with Gasteiger partial charge in [-0.05, 0) is 12.8 Å². The minimum Gasteiger partial charge on any atom is -0.381 e. The van der Waals surface area contributed by atoms with Crippen LogP contribution in [0, 0.1) is 0 Å². The molecule has 0 atom stereocenters. The maximum Gasteiger partial charge on any atom is 0.317 e. The van der Waals surface area contributed by atoms with Gasteiger partial charge in [0, 0.05) is 45.6 Å². The summed E-state index contributed by atoms with van der Waals surface area (Å²) in [5, 5.41) is 7.02. The van der Waals surface area contributed by atoms with Crippen molar-refractivity contribution in [1.29, 1.82) is 0 Å². The first-order valence-corrected chi connectivity index (χ1v) is 9.17. The molecule has 24 heavy (non-hydrogen) atoms. The normalized spacial score (nSPS) is 10.8. The average Bonchev–Trinajstić information content (AvgIpc) is 2.97. The molecule has 2 amide bonds. The van der Waals surface area contributed by atoms with Crippen LogP contribution in [0.15, 0.2) is 12.4 Å². The van der Waals surface area contributed by atoms with E-state index in [2.05, 4.69) is 17.3 Å². The Bertz CT molecular complexity index is 448. The first kappa shape index (κ1) is 20.5. The number of nitrogens with one attached hydrogen (secondary N) is 1. The van der Waals surface area contributed by atoms with E-state index in [0.717, 1.165) is 25.0 Å². The van der Waals surface area contributed by atoms with Crippen molar-refractivity contribution < 1.29 is 9.53 Å². The Morgan fingerprint density at radius 1 is 1.21 bits per heavy atom. The fraction of sp³-hybridized carbons (Fsp3) is 0.778. The molecule has 1 aromatic rings. The van der Waals surface area contributed by atoms with Crippen LogP contribution in [0.2, 0.25) is 0 Å². The predicted molar refractivity (Wildman–Crippen MR) is 96.9 cm³/mol. The maximum atomic E-state index is 12.0. The number of aromatic nitrogens is 2. The van der Waals surface area contributed by atoms with Crippen LogP contribution in [0.3, 0.4) is 0 Å². The van der Waals surface area contributed by atoms with Crippen molar-refractivity contribution in [3.05, 3.63) is 18.0 Å². The molecule has 0 aromatic carbocycles. The van der Waals surface area contributed by atoms with E-state index in [4.69, 9.17) is 4.74 Å². The number of carbonyl (C=O) groups excluding carboxylic acids is 1. The first-order chi connectivity index (χ1) is 11.6. The van der Waals surface area contributed by atoms with Crippen molar-refractivity contribution in [3.8, 4) is 0 Å². The zero-order valence-corrected chi connectivity index (χ0v) is 15.6. The number of rotatable bonds is 13. The molecule has 6 nitrogen and oxygen atoms in total. The van der Waals surface area contributed by atoms with Crippen LogP contribution < -0.4 is 5.32 Å². The lowest BCUT2D eigenvalue weighted by molar-refractivity contribution is 0.127. The molecule has 0 saturated heterocycles. The SMILES string of the molecule is CCCCCCCCOCCCNC(=O)N(C)Cc1cnn(C)c1. The predicted octanol–water partition coefficient (Wildman–Crippen LogP) is 3.33. The summed E-state index contributed by atoms with van der Waals surface area (Å²) < 4.78 is 7.34. The molecule has 0 radical (unpaired) electrons. The minimum atomic E-state index is -0.0604. The molecule has 1 heterocycles. The number of carbonyl (C=O) groups is 1. The number of hydrogen-bond donors (Lipinski definition) is 1. The number of nitrogens with zero attached hydrogens (tertiary/aromatic N) is 3. The molecule has 0 aliphatic rings. The van der Waals surface area contributed by atoms with Gasteiger partial charge in [0.05, 0.1) is 12.7 Å². The molecule has 0 saturated carbocycles. The second-order valence-corrected chi connectivity index (χ2v) is 6.34. The fourth-order valence-electron chi connectivity index (χ4n) is 2.49. The second kappa shape index (κ2) is 12.8. The van der Waals surface area contributed by atoms with Gasteiger partial charge in [-0.1, -0.05) is 39.0 Å². The smallest absolute Gasteiger partial charge is 0.317 e. The van der Waals surface area contributed by atoms with Crippen LogP contribution in [0.25, 0.3) is 0 Å². The third-order valence-electron chi connectivity index (χ3n) is 3.91. The Balaban J connectivity index is 1.94. The molecule has 0 fully saturated rings. The van der Waals surface area contributed by atoms with Crippen LogP contribution >= 0.6 is 0 Å². The van der Waals surface area contributed by atoms with E-state index in [1.54, 1.807) is 22.8 Å². The molecule has 0 unspecified atom stereocenters. The Morgan fingerprint density at radius 2 is 1.92 bits per heavy atom. The van der Waals surface area contributed by atoms with Crippen LogP contribution in [0.5, 0.6) is 0 Å². The average molecular weight is 338 g/mol. The van der Waals surface area contributed by atoms with Crippen molar-refractivity contribution in [2.75, 3.05) is 26.8 Å². The van der Waals surface area contributed by atoms with Gasteiger partial charge in [-0.2, -0.15) is 5.10 Å². The van der Waals surface area contributed by atoms with Crippen molar-refractivity contribution in [3.63, 3.8) is 0 Å². The first-order valence-electron chi connectivity index (χ1n) is 9.17. The maximum absolute atomic E-state index is 12.0. The molecule has 1 aromatic heterocycles. The van der Waals surface area contributed by atoms with Gasteiger partial charge in [-0.3, -0.25) is 4.68 Å². The van der Waals surface area contributed by atoms with Gasteiger partial charge in [0.2, 0.25) is 0 Å². The molecule has 0 aliphatic heterocycles. The number of hydrogen-bond acceptors (Lipinski definition) is 3. The molecule has 0 bridgehead atoms. The molecule has 1 N–H and O–H groups in total. The van der Waals surface area contributed by atoms with E-state index >= 15 is 0 Å². The zero-order chi connectivity index (χ0) is 17.6. The van der Waals surface area contributed by atoms with Gasteiger partial charge in [0.1, 0.15) is 0 Å². The molecule has 0 spiro atoms. The summed E-state index contributed by atoms with van der Waals surface area (Å²) in [6, 6.07) is -0.0604. The lowest BCUT2D eigenvalue weighted by Crippen LogP contribution is -2.37. The number of aryl methyl sites for hydroxylation is 1. The molecular weight excluding hydrogens is 304 g/mol. The summed E-state index contributed by atoms with van der Waals surface area (Å²) in [4.78, 5) is 13.6. The number of urea groups is 1. The van der Waals surface area contributed by atoms with Gasteiger partial charge in [-0.25, -0.2) is 4.79 Å². The highest BCUT2D eigenvalue weighted by Gasteiger charge is 2.09. The van der Waals surface area contributed by atoms with E-state index in [1.165, 1.54) is 32.1 Å². The molecular formula is C18H34N4O2. The second-order valence-electron chi connectivity index (χ2n) is 6.34. The van der Waals surface area contributed by atoms with E-state index in [0.29, 0.717) is 19.7 Å². The highest BCUT2D eigenvalue weighted by atomic mass is 16.5. The largest absolute Gasteiger partial charge is 0.381 e. The summed E-state index contributed by atoms with van der Waals surface area (Å²) in [6.07, 6.45) is 12.2. The third kappa shape index (κ3) is 9.55. The number of amides is 2. The van der Waals surface area contributed by atoms with E-state index in [1.807, 2.05) is 13.2 Å². The summed E-state index contributed by atoms with van der Waals surface area (Å²) in [5.74, 6) is 0. The van der Waals surface area contributed by atoms with Gasteiger partial charge in [0.25, 0.3) is 0 Å². The fourth-order valence-corrected chi connectivity index (χ4v) is 2.49. The van der Waals surface area contributed by atoms with Crippen LogP contribution in [-0.4, -0.2) is 47.5 Å². The Kier molecular flexibility index (Phi) is 10.9. The number of ether oxygens (including phenoxy) is 1. The van der Waals surface area contributed by atoms with Crippen molar-refractivity contribution in [2.24, 2.45) is 7.05 Å². The summed E-state index contributed by atoms with van der Waals surface area (Å²) in [5.41, 5.74) is 1.03. The standard InChI is InChI=1S/C18H34N4O2/c1-4-5-6-7-8-9-12-24-13-10-11-19-18(23)21(2)15-17-14-20-22(3)16-17/h14,16H,4-13,15H2,1-3H3,(H,19,23). The van der Waals surface area contributed by atoms with Crippen LogP contribution in [0.4, 0.5) is 4.79 Å². The van der Waals surface area contributed by atoms with Crippen molar-refractivity contribution in [1.82, 2.24) is 20.0 Å². The Labute approximate surface area is 146 Å². The lowest BCUT2D eigenvalue weighted by Gasteiger charge is -2.17. The van der Waals surface area contributed by atoms with Gasteiger partial charge in [-0.15, -0.1) is 0 Å². The quantitative estimate of drug-likeness (QED) is 0.561. The third-order valence-corrected chi connectivity index (χ3v) is 3.91. The topological polar surface area (TPSA) is 59.4 Å². The Morgan fingerprint density at radius 3 is 2.62 bits per heavy atom. The molecule has 1 rings (SSSR count). The molecule has 6 heteroatoms.